The van der Waals surface area contributed by atoms with E-state index in [1.165, 1.54) is 23.5 Å². The Kier molecular flexibility index (Phi) is 3.00. The number of benzene rings is 1. The minimum absolute atomic E-state index is 0.0868. The van der Waals surface area contributed by atoms with Crippen LogP contribution in [0.4, 0.5) is 4.39 Å². The van der Waals surface area contributed by atoms with Gasteiger partial charge in [0.2, 0.25) is 0 Å². The van der Waals surface area contributed by atoms with Gasteiger partial charge < -0.3 is 4.98 Å². The molecule has 3 rings (SSSR count). The van der Waals surface area contributed by atoms with Crippen molar-refractivity contribution < 1.29 is 4.39 Å². The van der Waals surface area contributed by atoms with Gasteiger partial charge in [-0.15, -0.1) is 11.3 Å². The van der Waals surface area contributed by atoms with Crippen LogP contribution in [0.15, 0.2) is 34.4 Å². The van der Waals surface area contributed by atoms with E-state index >= 15 is 0 Å². The summed E-state index contributed by atoms with van der Waals surface area (Å²) >= 11 is 12.2. The van der Waals surface area contributed by atoms with Crippen molar-refractivity contribution >= 4 is 45.4 Å². The van der Waals surface area contributed by atoms with Crippen LogP contribution in [0, 0.1) is 10.6 Å². The Hall–Kier alpha value is -1.50. The summed E-state index contributed by atoms with van der Waals surface area (Å²) in [6.45, 7) is 0. The van der Waals surface area contributed by atoms with E-state index in [0.717, 1.165) is 10.6 Å². The molecule has 0 aliphatic heterocycles. The van der Waals surface area contributed by atoms with E-state index in [9.17, 15) is 9.18 Å². The number of hydrogen-bond acceptors (Lipinski definition) is 3. The number of nitrogens with zero attached hydrogens (tertiary/aromatic N) is 1. The summed E-state index contributed by atoms with van der Waals surface area (Å²) in [5, 5.41) is 2.52. The second kappa shape index (κ2) is 4.56. The standard InChI is InChI=1S/C12H6ClFN2OS2/c13-6-1-2-9(8(14)5-6)16-11(17)7-3-4-19-10(7)15-12(16)18/h1-5H,(H,15,18). The first-order valence-electron chi connectivity index (χ1n) is 5.26. The van der Waals surface area contributed by atoms with E-state index in [0.29, 0.717) is 10.2 Å². The average molecular weight is 313 g/mol. The van der Waals surface area contributed by atoms with Crippen molar-refractivity contribution in [1.82, 2.24) is 9.55 Å². The molecule has 2 heterocycles. The van der Waals surface area contributed by atoms with Crippen molar-refractivity contribution in [3.63, 3.8) is 0 Å². The van der Waals surface area contributed by atoms with Crippen LogP contribution in [0.5, 0.6) is 0 Å². The van der Waals surface area contributed by atoms with E-state index in [2.05, 4.69) is 4.98 Å². The monoisotopic (exact) mass is 312 g/mol. The molecule has 0 saturated heterocycles. The highest BCUT2D eigenvalue weighted by Crippen LogP contribution is 2.20. The molecular formula is C12H6ClFN2OS2. The molecule has 1 aromatic carbocycles. The molecule has 1 N–H and O–H groups in total. The average Bonchev–Trinajstić information content (AvgIpc) is 2.80. The van der Waals surface area contributed by atoms with Crippen LogP contribution in [0.2, 0.25) is 5.02 Å². The van der Waals surface area contributed by atoms with Gasteiger partial charge in [0, 0.05) is 5.02 Å². The summed E-state index contributed by atoms with van der Waals surface area (Å²) in [5.74, 6) is -0.594. The molecule has 7 heteroatoms. The molecule has 0 bridgehead atoms. The quantitative estimate of drug-likeness (QED) is 0.692. The molecule has 0 fully saturated rings. The Balaban J connectivity index is 2.42. The molecule has 3 nitrogen and oxygen atoms in total. The van der Waals surface area contributed by atoms with Crippen LogP contribution < -0.4 is 5.56 Å². The summed E-state index contributed by atoms with van der Waals surface area (Å²) in [6, 6.07) is 5.77. The molecule has 96 valence electrons. The highest BCUT2D eigenvalue weighted by atomic mass is 35.5. The number of nitrogens with one attached hydrogen (secondary N) is 1. The van der Waals surface area contributed by atoms with Gasteiger partial charge in [0.05, 0.1) is 11.1 Å². The first-order valence-corrected chi connectivity index (χ1v) is 6.92. The topological polar surface area (TPSA) is 37.8 Å². The molecule has 0 aliphatic rings. The third-order valence-electron chi connectivity index (χ3n) is 2.67. The van der Waals surface area contributed by atoms with E-state index in [1.54, 1.807) is 11.4 Å². The fourth-order valence-corrected chi connectivity index (χ4v) is 3.11. The SMILES string of the molecule is O=c1c2ccsc2[nH]c(=S)n1-c1ccc(Cl)cc1F. The van der Waals surface area contributed by atoms with E-state index in [4.69, 9.17) is 23.8 Å². The molecule has 0 atom stereocenters. The number of rotatable bonds is 1. The number of fused-ring (bicyclic) bond motifs is 1. The van der Waals surface area contributed by atoms with Crippen LogP contribution in [-0.2, 0) is 0 Å². The minimum atomic E-state index is -0.594. The van der Waals surface area contributed by atoms with Crippen LogP contribution >= 0.6 is 35.2 Å². The number of aromatic nitrogens is 2. The second-order valence-electron chi connectivity index (χ2n) is 3.83. The summed E-state index contributed by atoms with van der Waals surface area (Å²) in [7, 11) is 0. The first-order chi connectivity index (χ1) is 9.08. The number of halogens is 2. The van der Waals surface area contributed by atoms with Gasteiger partial charge in [-0.05, 0) is 41.9 Å². The van der Waals surface area contributed by atoms with Gasteiger partial charge in [-0.2, -0.15) is 0 Å². The van der Waals surface area contributed by atoms with Gasteiger partial charge in [-0.25, -0.2) is 8.96 Å². The first kappa shape index (κ1) is 12.5. The fourth-order valence-electron chi connectivity index (χ4n) is 1.82. The van der Waals surface area contributed by atoms with E-state index < -0.39 is 5.82 Å². The fraction of sp³-hybridized carbons (Fsp3) is 0. The molecule has 0 amide bonds. The summed E-state index contributed by atoms with van der Waals surface area (Å²) < 4.78 is 15.2. The van der Waals surface area contributed by atoms with E-state index in [-0.39, 0.29) is 21.0 Å². The highest BCUT2D eigenvalue weighted by molar-refractivity contribution is 7.71. The lowest BCUT2D eigenvalue weighted by molar-refractivity contribution is 0.615. The lowest BCUT2D eigenvalue weighted by atomic mass is 10.3. The summed E-state index contributed by atoms with van der Waals surface area (Å²) in [5.41, 5.74) is -0.259. The third-order valence-corrected chi connectivity index (χ3v) is 4.02. The summed E-state index contributed by atoms with van der Waals surface area (Å²) in [6.07, 6.45) is 0. The normalized spacial score (nSPS) is 11.1. The summed E-state index contributed by atoms with van der Waals surface area (Å²) in [4.78, 5) is 15.9. The minimum Gasteiger partial charge on any atom is -0.323 e. The Morgan fingerprint density at radius 1 is 1.37 bits per heavy atom. The molecule has 2 aromatic heterocycles. The predicted molar refractivity (Wildman–Crippen MR) is 77.6 cm³/mol. The van der Waals surface area contributed by atoms with E-state index in [1.807, 2.05) is 0 Å². The number of thiophene rings is 1. The smallest absolute Gasteiger partial charge is 0.267 e. The molecule has 0 radical (unpaired) electrons. The van der Waals surface area contributed by atoms with Crippen LogP contribution in [-0.4, -0.2) is 9.55 Å². The van der Waals surface area contributed by atoms with Crippen LogP contribution in [0.1, 0.15) is 0 Å². The maximum atomic E-state index is 13.9. The van der Waals surface area contributed by atoms with Gasteiger partial charge in [0.25, 0.3) is 5.56 Å². The van der Waals surface area contributed by atoms with Gasteiger partial charge in [0.1, 0.15) is 10.6 Å². The van der Waals surface area contributed by atoms with Crippen molar-refractivity contribution in [3.8, 4) is 5.69 Å². The highest BCUT2D eigenvalue weighted by Gasteiger charge is 2.12. The number of aromatic amines is 1. The lowest BCUT2D eigenvalue weighted by Gasteiger charge is -2.07. The number of hydrogen-bond donors (Lipinski definition) is 1. The zero-order valence-electron chi connectivity index (χ0n) is 9.31. The van der Waals surface area contributed by atoms with Gasteiger partial charge in [-0.1, -0.05) is 11.6 Å². The second-order valence-corrected chi connectivity index (χ2v) is 5.57. The third kappa shape index (κ3) is 2.01. The van der Waals surface area contributed by atoms with Crippen LogP contribution in [0.25, 0.3) is 15.9 Å². The van der Waals surface area contributed by atoms with Crippen molar-refractivity contribution in [2.45, 2.75) is 0 Å². The zero-order chi connectivity index (χ0) is 13.6. The maximum Gasteiger partial charge on any atom is 0.267 e. The van der Waals surface area contributed by atoms with Crippen molar-refractivity contribution in [2.24, 2.45) is 0 Å². The van der Waals surface area contributed by atoms with Crippen LogP contribution in [0.3, 0.4) is 0 Å². The molecule has 19 heavy (non-hydrogen) atoms. The Bertz CT molecular complexity index is 897. The molecule has 0 unspecified atom stereocenters. The molecular weight excluding hydrogens is 307 g/mol. The maximum absolute atomic E-state index is 13.9. The Morgan fingerprint density at radius 2 is 2.16 bits per heavy atom. The Labute approximate surface area is 120 Å². The Morgan fingerprint density at radius 3 is 2.89 bits per heavy atom. The van der Waals surface area contributed by atoms with Crippen molar-refractivity contribution in [1.29, 1.82) is 0 Å². The molecule has 0 spiro atoms. The van der Waals surface area contributed by atoms with Gasteiger partial charge in [0.15, 0.2) is 4.77 Å². The lowest BCUT2D eigenvalue weighted by Crippen LogP contribution is -2.20. The largest absolute Gasteiger partial charge is 0.323 e. The number of H-pyrrole nitrogens is 1. The van der Waals surface area contributed by atoms with Crippen molar-refractivity contribution in [3.05, 3.63) is 55.6 Å². The van der Waals surface area contributed by atoms with Gasteiger partial charge in [-0.3, -0.25) is 4.79 Å². The molecule has 0 aliphatic carbocycles. The zero-order valence-corrected chi connectivity index (χ0v) is 11.7. The molecule has 3 aromatic rings. The van der Waals surface area contributed by atoms with Gasteiger partial charge >= 0.3 is 0 Å². The predicted octanol–water partition coefficient (Wildman–Crippen LogP) is 3.90. The van der Waals surface area contributed by atoms with Crippen molar-refractivity contribution in [2.75, 3.05) is 0 Å². The molecule has 0 saturated carbocycles.